The lowest BCUT2D eigenvalue weighted by Crippen LogP contribution is -2.20. The van der Waals surface area contributed by atoms with Crippen molar-refractivity contribution in [3.63, 3.8) is 0 Å². The molecule has 0 spiro atoms. The molecule has 1 aliphatic carbocycles. The Labute approximate surface area is 125 Å². The van der Waals surface area contributed by atoms with Crippen LogP contribution in [0.15, 0.2) is 48.5 Å². The number of amides is 2. The molecule has 3 heteroatoms. The van der Waals surface area contributed by atoms with E-state index in [2.05, 4.69) is 29.6 Å². The molecule has 1 saturated carbocycles. The first-order valence-corrected chi connectivity index (χ1v) is 7.45. The molecule has 0 radical (unpaired) electrons. The van der Waals surface area contributed by atoms with E-state index in [-0.39, 0.29) is 0 Å². The number of urea groups is 1. The van der Waals surface area contributed by atoms with Crippen molar-refractivity contribution in [2.75, 3.05) is 5.32 Å². The second kappa shape index (κ2) is 6.00. The second-order valence-corrected chi connectivity index (χ2v) is 5.69. The fourth-order valence-electron chi connectivity index (χ4n) is 2.80. The van der Waals surface area contributed by atoms with E-state index in [4.69, 9.17) is 5.73 Å². The summed E-state index contributed by atoms with van der Waals surface area (Å²) in [5.74, 6) is 0.767. The number of carbonyl (C=O) groups is 1. The third-order valence-electron chi connectivity index (χ3n) is 4.23. The van der Waals surface area contributed by atoms with Crippen molar-refractivity contribution in [2.24, 2.45) is 5.73 Å². The first-order valence-electron chi connectivity index (χ1n) is 7.45. The average Bonchev–Trinajstić information content (AvgIpc) is 2.41. The van der Waals surface area contributed by atoms with Crippen LogP contribution >= 0.6 is 0 Å². The molecule has 3 N–H and O–H groups in total. The molecule has 3 nitrogen and oxygen atoms in total. The van der Waals surface area contributed by atoms with Crippen LogP contribution in [0.4, 0.5) is 10.5 Å². The highest BCUT2D eigenvalue weighted by Gasteiger charge is 2.18. The van der Waals surface area contributed by atoms with Gasteiger partial charge in [-0.3, -0.25) is 0 Å². The Kier molecular flexibility index (Phi) is 3.91. The fourth-order valence-corrected chi connectivity index (χ4v) is 2.80. The summed E-state index contributed by atoms with van der Waals surface area (Å²) < 4.78 is 0. The molecule has 0 heterocycles. The van der Waals surface area contributed by atoms with Crippen LogP contribution in [0.25, 0.3) is 0 Å². The number of nitrogens with two attached hydrogens (primary N) is 1. The number of primary amides is 1. The molecule has 2 aromatic carbocycles. The van der Waals surface area contributed by atoms with Gasteiger partial charge in [-0.05, 0) is 47.9 Å². The Hall–Kier alpha value is -2.29. The maximum Gasteiger partial charge on any atom is 0.316 e. The van der Waals surface area contributed by atoms with Gasteiger partial charge < -0.3 is 11.1 Å². The number of rotatable bonds is 4. The van der Waals surface area contributed by atoms with Crippen LogP contribution in [-0.2, 0) is 6.42 Å². The number of hydrogen-bond acceptors (Lipinski definition) is 1. The summed E-state index contributed by atoms with van der Waals surface area (Å²) >= 11 is 0. The van der Waals surface area contributed by atoms with Crippen LogP contribution in [0.1, 0.15) is 41.9 Å². The number of nitrogens with one attached hydrogen (secondary N) is 1. The third-order valence-corrected chi connectivity index (χ3v) is 4.23. The van der Waals surface area contributed by atoms with Gasteiger partial charge in [-0.2, -0.15) is 0 Å². The normalized spacial score (nSPS) is 14.5. The largest absolute Gasteiger partial charge is 0.351 e. The smallest absolute Gasteiger partial charge is 0.316 e. The monoisotopic (exact) mass is 280 g/mol. The zero-order valence-corrected chi connectivity index (χ0v) is 12.0. The molecule has 2 amide bonds. The highest BCUT2D eigenvalue weighted by Crippen LogP contribution is 2.36. The predicted molar refractivity (Wildman–Crippen MR) is 85.5 cm³/mol. The molecule has 21 heavy (non-hydrogen) atoms. The van der Waals surface area contributed by atoms with E-state index in [1.165, 1.54) is 30.4 Å². The topological polar surface area (TPSA) is 55.1 Å². The molecule has 0 bridgehead atoms. The number of hydrogen-bond donors (Lipinski definition) is 2. The first-order chi connectivity index (χ1) is 10.2. The van der Waals surface area contributed by atoms with E-state index in [0.29, 0.717) is 0 Å². The zero-order valence-electron chi connectivity index (χ0n) is 12.0. The van der Waals surface area contributed by atoms with Gasteiger partial charge in [-0.15, -0.1) is 0 Å². The molecule has 0 unspecified atom stereocenters. The maximum atomic E-state index is 11.0. The van der Waals surface area contributed by atoms with Gasteiger partial charge in [0.1, 0.15) is 0 Å². The van der Waals surface area contributed by atoms with E-state index < -0.39 is 6.03 Å². The molecule has 108 valence electrons. The highest BCUT2D eigenvalue weighted by atomic mass is 16.2. The van der Waals surface area contributed by atoms with Gasteiger partial charge in [0.05, 0.1) is 0 Å². The maximum absolute atomic E-state index is 11.0. The lowest BCUT2D eigenvalue weighted by Gasteiger charge is -2.25. The van der Waals surface area contributed by atoms with E-state index in [9.17, 15) is 4.79 Å². The van der Waals surface area contributed by atoms with Crippen LogP contribution in [0.3, 0.4) is 0 Å². The molecule has 0 aliphatic heterocycles. The van der Waals surface area contributed by atoms with Gasteiger partial charge in [0.15, 0.2) is 0 Å². The van der Waals surface area contributed by atoms with Gasteiger partial charge in [0.2, 0.25) is 0 Å². The van der Waals surface area contributed by atoms with E-state index in [1.54, 1.807) is 0 Å². The number of para-hydroxylation sites is 1. The van der Waals surface area contributed by atoms with Crippen LogP contribution < -0.4 is 11.1 Å². The summed E-state index contributed by atoms with van der Waals surface area (Å²) in [6.45, 7) is 0. The van der Waals surface area contributed by atoms with Crippen molar-refractivity contribution in [1.29, 1.82) is 0 Å². The van der Waals surface area contributed by atoms with Crippen LogP contribution in [-0.4, -0.2) is 6.03 Å². The van der Waals surface area contributed by atoms with E-state index >= 15 is 0 Å². The van der Waals surface area contributed by atoms with Crippen molar-refractivity contribution in [3.05, 3.63) is 65.2 Å². The minimum Gasteiger partial charge on any atom is -0.351 e. The molecule has 0 atom stereocenters. The van der Waals surface area contributed by atoms with Crippen LogP contribution in [0.5, 0.6) is 0 Å². The third kappa shape index (κ3) is 3.24. The molecule has 0 aromatic heterocycles. The number of benzene rings is 2. The fraction of sp³-hybridized carbons (Fsp3) is 0.278. The standard InChI is InChI=1S/C18H20N2O/c19-18(21)20-17-7-2-1-4-16(17)12-13-8-10-15(11-9-13)14-5-3-6-14/h1-2,4,7-11,14H,3,5-6,12H2,(H3,19,20,21). The lowest BCUT2D eigenvalue weighted by molar-refractivity contribution is 0.259. The molecule has 1 fully saturated rings. The van der Waals surface area contributed by atoms with Crippen molar-refractivity contribution in [2.45, 2.75) is 31.6 Å². The summed E-state index contributed by atoms with van der Waals surface area (Å²) in [6, 6.07) is 16.1. The van der Waals surface area contributed by atoms with Crippen molar-refractivity contribution in [1.82, 2.24) is 0 Å². The van der Waals surface area contributed by atoms with Crippen LogP contribution in [0.2, 0.25) is 0 Å². The van der Waals surface area contributed by atoms with Gasteiger partial charge in [0, 0.05) is 5.69 Å². The van der Waals surface area contributed by atoms with Crippen molar-refractivity contribution >= 4 is 11.7 Å². The van der Waals surface area contributed by atoms with E-state index in [0.717, 1.165) is 23.6 Å². The van der Waals surface area contributed by atoms with Gasteiger partial charge >= 0.3 is 6.03 Å². The Bertz CT molecular complexity index is 630. The lowest BCUT2D eigenvalue weighted by atomic mass is 9.80. The average molecular weight is 280 g/mol. The second-order valence-electron chi connectivity index (χ2n) is 5.69. The van der Waals surface area contributed by atoms with Crippen molar-refractivity contribution < 1.29 is 4.79 Å². The molecular weight excluding hydrogens is 260 g/mol. The SMILES string of the molecule is NC(=O)Nc1ccccc1Cc1ccc(C2CCC2)cc1. The Morgan fingerprint density at radius 1 is 1.10 bits per heavy atom. The minimum absolute atomic E-state index is 0.525. The number of anilines is 1. The summed E-state index contributed by atoms with van der Waals surface area (Å²) in [4.78, 5) is 11.0. The Morgan fingerprint density at radius 3 is 2.43 bits per heavy atom. The summed E-state index contributed by atoms with van der Waals surface area (Å²) in [6.07, 6.45) is 4.80. The Morgan fingerprint density at radius 2 is 1.81 bits per heavy atom. The first kappa shape index (κ1) is 13.7. The van der Waals surface area contributed by atoms with Gasteiger partial charge in [0.25, 0.3) is 0 Å². The molecular formula is C18H20N2O. The highest BCUT2D eigenvalue weighted by molar-refractivity contribution is 5.88. The Balaban J connectivity index is 1.75. The molecule has 3 rings (SSSR count). The number of carbonyl (C=O) groups excluding carboxylic acids is 1. The quantitative estimate of drug-likeness (QED) is 0.872. The predicted octanol–water partition coefficient (Wildman–Crippen LogP) is 4.04. The minimum atomic E-state index is -0.525. The zero-order chi connectivity index (χ0) is 14.7. The summed E-state index contributed by atoms with van der Waals surface area (Å²) in [7, 11) is 0. The molecule has 2 aromatic rings. The van der Waals surface area contributed by atoms with Crippen molar-refractivity contribution in [3.8, 4) is 0 Å². The molecule has 0 saturated heterocycles. The van der Waals surface area contributed by atoms with Crippen LogP contribution in [0, 0.1) is 0 Å². The van der Waals surface area contributed by atoms with E-state index in [1.807, 2.05) is 24.3 Å². The van der Waals surface area contributed by atoms with Gasteiger partial charge in [-0.25, -0.2) is 4.79 Å². The van der Waals surface area contributed by atoms with Gasteiger partial charge in [-0.1, -0.05) is 48.9 Å². The summed E-state index contributed by atoms with van der Waals surface area (Å²) in [5, 5.41) is 2.68. The molecule has 1 aliphatic rings. The summed E-state index contributed by atoms with van der Waals surface area (Å²) in [5.41, 5.74) is 9.77.